The molecule has 0 radical (unpaired) electrons. The van der Waals surface area contributed by atoms with Gasteiger partial charge in [0.15, 0.2) is 12.2 Å². The van der Waals surface area contributed by atoms with Gasteiger partial charge in [0.1, 0.15) is 0 Å². The van der Waals surface area contributed by atoms with Crippen LogP contribution in [0, 0.1) is 0 Å². The molecule has 0 aliphatic heterocycles. The Morgan fingerprint density at radius 2 is 0.611 bits per heavy atom. The van der Waals surface area contributed by atoms with Crippen molar-refractivity contribution in [2.45, 2.75) is 250 Å². The zero-order valence-electron chi connectivity index (χ0n) is 36.9. The van der Waals surface area contributed by atoms with E-state index in [2.05, 4.69) is 51.8 Å². The molecule has 4 N–H and O–H groups in total. The van der Waals surface area contributed by atoms with Crippen LogP contribution in [0.3, 0.4) is 0 Å². The van der Waals surface area contributed by atoms with Crippen LogP contribution in [0.4, 0.5) is 0 Å². The molecular formula is C46H94N2O6. The molecule has 2 unspecified atom stereocenters. The van der Waals surface area contributed by atoms with E-state index in [0.29, 0.717) is 5.54 Å². The van der Waals surface area contributed by atoms with Crippen LogP contribution < -0.4 is 0 Å². The summed E-state index contributed by atoms with van der Waals surface area (Å²) in [6.45, 7) is 5.83. The Morgan fingerprint density at radius 1 is 0.407 bits per heavy atom. The van der Waals surface area contributed by atoms with Crippen LogP contribution in [-0.4, -0.2) is 94.6 Å². The summed E-state index contributed by atoms with van der Waals surface area (Å²) < 4.78 is 0. The summed E-state index contributed by atoms with van der Waals surface area (Å²) in [5.41, 5.74) is 0.357. The highest BCUT2D eigenvalue weighted by molar-refractivity contribution is 5.83. The normalized spacial score (nSPS) is 12.9. The second kappa shape index (κ2) is 40.0. The third kappa shape index (κ3) is 35.2. The third-order valence-corrected chi connectivity index (χ3v) is 11.4. The molecule has 0 rings (SSSR count). The second-order valence-electron chi connectivity index (χ2n) is 17.0. The average molecular weight is 771 g/mol. The molecular weight excluding hydrogens is 677 g/mol. The van der Waals surface area contributed by atoms with Crippen molar-refractivity contribution in [1.29, 1.82) is 0 Å². The summed E-state index contributed by atoms with van der Waals surface area (Å²) in [6.07, 6.45) is 44.7. The van der Waals surface area contributed by atoms with Gasteiger partial charge in [0.25, 0.3) is 0 Å². The lowest BCUT2D eigenvalue weighted by Crippen LogP contribution is -2.51. The Morgan fingerprint density at radius 3 is 0.778 bits per heavy atom. The Balaban J connectivity index is 0. The van der Waals surface area contributed by atoms with E-state index in [1.165, 1.54) is 225 Å². The number of rotatable bonds is 40. The first-order chi connectivity index (χ1) is 25.9. The second-order valence-corrected chi connectivity index (χ2v) is 17.0. The molecule has 0 aromatic heterocycles. The van der Waals surface area contributed by atoms with Crippen LogP contribution >= 0.6 is 0 Å². The fourth-order valence-electron chi connectivity index (χ4n) is 7.73. The maximum absolute atomic E-state index is 9.77. The summed E-state index contributed by atoms with van der Waals surface area (Å²) in [4.78, 5) is 24.6. The standard InChI is InChI=1S/C42H88N2.C4H6O6/c1-7-9-11-13-15-17-19-21-23-25-27-29-31-33-35-37-39-42(44(5)6,41-43(3)4)40-38-36-34-32-30-28-26-24-22-20-18-16-14-12-10-8-2;5-1(3(7)8)2(6)4(9)10/h7-41H2,1-6H3;1-2,5-6H,(H,7,8)(H,9,10). The molecule has 8 heteroatoms. The Hall–Kier alpha value is -1.22. The van der Waals surface area contributed by atoms with Gasteiger partial charge in [0.2, 0.25) is 0 Å². The summed E-state index contributed by atoms with van der Waals surface area (Å²) in [7, 11) is 9.25. The van der Waals surface area contributed by atoms with Crippen molar-refractivity contribution in [3.8, 4) is 0 Å². The van der Waals surface area contributed by atoms with E-state index in [0.717, 1.165) is 0 Å². The molecule has 0 heterocycles. The highest BCUT2D eigenvalue weighted by Crippen LogP contribution is 2.29. The van der Waals surface area contributed by atoms with Gasteiger partial charge in [-0.05, 0) is 41.0 Å². The maximum atomic E-state index is 9.77. The lowest BCUT2D eigenvalue weighted by atomic mass is 9.84. The van der Waals surface area contributed by atoms with Gasteiger partial charge < -0.3 is 30.2 Å². The lowest BCUT2D eigenvalue weighted by molar-refractivity contribution is -0.165. The van der Waals surface area contributed by atoms with Crippen LogP contribution in [0.1, 0.15) is 232 Å². The molecule has 0 bridgehead atoms. The molecule has 0 amide bonds. The predicted molar refractivity (Wildman–Crippen MR) is 231 cm³/mol. The average Bonchev–Trinajstić information content (AvgIpc) is 3.13. The summed E-state index contributed by atoms with van der Waals surface area (Å²) in [6, 6.07) is 0. The van der Waals surface area contributed by atoms with Crippen LogP contribution in [-0.2, 0) is 9.59 Å². The van der Waals surface area contributed by atoms with E-state index in [1.807, 2.05) is 0 Å². The largest absolute Gasteiger partial charge is 0.479 e. The summed E-state index contributed by atoms with van der Waals surface area (Å²) in [5.74, 6) is -3.54. The lowest BCUT2D eigenvalue weighted by Gasteiger charge is -2.42. The minimum atomic E-state index is -2.27. The number of aliphatic carboxylic acids is 2. The number of hydrogen-bond donors (Lipinski definition) is 4. The fourth-order valence-corrected chi connectivity index (χ4v) is 7.73. The molecule has 54 heavy (non-hydrogen) atoms. The van der Waals surface area contributed by atoms with Gasteiger partial charge in [-0.2, -0.15) is 0 Å². The number of unbranched alkanes of at least 4 members (excludes halogenated alkanes) is 30. The van der Waals surface area contributed by atoms with Crippen molar-refractivity contribution < 1.29 is 30.0 Å². The Labute approximate surface area is 335 Å². The first-order valence-electron chi connectivity index (χ1n) is 23.1. The first-order valence-corrected chi connectivity index (χ1v) is 23.1. The molecule has 0 aliphatic carbocycles. The fraction of sp³-hybridized carbons (Fsp3) is 0.957. The highest BCUT2D eigenvalue weighted by atomic mass is 16.4. The number of hydrogen-bond acceptors (Lipinski definition) is 6. The molecule has 324 valence electrons. The van der Waals surface area contributed by atoms with E-state index in [9.17, 15) is 9.59 Å². The summed E-state index contributed by atoms with van der Waals surface area (Å²) >= 11 is 0. The molecule has 0 saturated heterocycles. The zero-order chi connectivity index (χ0) is 40.7. The molecule has 0 fully saturated rings. The molecule has 0 aliphatic rings. The van der Waals surface area contributed by atoms with Crippen molar-refractivity contribution in [2.24, 2.45) is 0 Å². The van der Waals surface area contributed by atoms with Gasteiger partial charge >= 0.3 is 11.9 Å². The molecule has 2 atom stereocenters. The van der Waals surface area contributed by atoms with E-state index in [-0.39, 0.29) is 0 Å². The van der Waals surface area contributed by atoms with Crippen molar-refractivity contribution in [3.05, 3.63) is 0 Å². The molecule has 0 saturated carbocycles. The molecule has 0 aromatic rings. The number of carboxylic acids is 2. The van der Waals surface area contributed by atoms with Gasteiger partial charge in [-0.3, -0.25) is 0 Å². The van der Waals surface area contributed by atoms with E-state index < -0.39 is 24.1 Å². The van der Waals surface area contributed by atoms with E-state index in [1.54, 1.807) is 0 Å². The maximum Gasteiger partial charge on any atom is 0.335 e. The van der Waals surface area contributed by atoms with Gasteiger partial charge in [0, 0.05) is 12.1 Å². The van der Waals surface area contributed by atoms with Crippen LogP contribution in [0.5, 0.6) is 0 Å². The minimum Gasteiger partial charge on any atom is -0.479 e. The van der Waals surface area contributed by atoms with Gasteiger partial charge in [-0.1, -0.05) is 219 Å². The zero-order valence-corrected chi connectivity index (χ0v) is 36.9. The number of carbonyl (C=O) groups is 2. The SMILES string of the molecule is CCCCCCCCCCCCCCCCCCC(CCCCCCCCCCCCCCCCCC)(CN(C)C)N(C)C.O=C(O)C(O)C(O)C(=O)O. The smallest absolute Gasteiger partial charge is 0.335 e. The van der Waals surface area contributed by atoms with Gasteiger partial charge in [0.05, 0.1) is 0 Å². The van der Waals surface area contributed by atoms with E-state index >= 15 is 0 Å². The molecule has 8 nitrogen and oxygen atoms in total. The minimum absolute atomic E-state index is 0.357. The predicted octanol–water partition coefficient (Wildman–Crippen LogP) is 12.0. The Kier molecular flexibility index (Phi) is 40.6. The first kappa shape index (κ1) is 54.9. The van der Waals surface area contributed by atoms with Gasteiger partial charge in [-0.25, -0.2) is 9.59 Å². The monoisotopic (exact) mass is 771 g/mol. The van der Waals surface area contributed by atoms with Crippen LogP contribution in [0.15, 0.2) is 0 Å². The quantitative estimate of drug-likeness (QED) is 0.0454. The van der Waals surface area contributed by atoms with Crippen molar-refractivity contribution >= 4 is 11.9 Å². The number of aliphatic hydroxyl groups excluding tert-OH is 2. The van der Waals surface area contributed by atoms with Crippen molar-refractivity contribution in [1.82, 2.24) is 9.80 Å². The van der Waals surface area contributed by atoms with Crippen LogP contribution in [0.2, 0.25) is 0 Å². The molecule has 0 spiro atoms. The van der Waals surface area contributed by atoms with Crippen molar-refractivity contribution in [3.63, 3.8) is 0 Å². The summed E-state index contributed by atoms with van der Waals surface area (Å²) in [5, 5.41) is 32.5. The number of nitrogens with zero attached hydrogens (tertiary/aromatic N) is 2. The van der Waals surface area contributed by atoms with Crippen LogP contribution in [0.25, 0.3) is 0 Å². The third-order valence-electron chi connectivity index (χ3n) is 11.4. The van der Waals surface area contributed by atoms with Crippen molar-refractivity contribution in [2.75, 3.05) is 34.7 Å². The number of aliphatic hydroxyl groups is 2. The van der Waals surface area contributed by atoms with E-state index in [4.69, 9.17) is 20.4 Å². The number of carboxylic acid groups (broad SMARTS) is 2. The Bertz CT molecular complexity index is 754. The topological polar surface area (TPSA) is 122 Å². The number of likely N-dealkylation sites (N-methyl/N-ethyl adjacent to an activating group) is 2. The highest BCUT2D eigenvalue weighted by Gasteiger charge is 2.32. The van der Waals surface area contributed by atoms with Gasteiger partial charge in [-0.15, -0.1) is 0 Å². The molecule has 0 aromatic carbocycles.